The van der Waals surface area contributed by atoms with Gasteiger partial charge >= 0.3 is 0 Å². The van der Waals surface area contributed by atoms with Crippen molar-refractivity contribution >= 4 is 31.9 Å². The lowest BCUT2D eigenvalue weighted by Gasteiger charge is -2.18. The Labute approximate surface area is 140 Å². The highest BCUT2D eigenvalue weighted by molar-refractivity contribution is 9.10. The quantitative estimate of drug-likeness (QED) is 0.509. The van der Waals surface area contributed by atoms with Gasteiger partial charge in [-0.2, -0.15) is 0 Å². The molecule has 0 aliphatic carbocycles. The highest BCUT2D eigenvalue weighted by Crippen LogP contribution is 2.37. The smallest absolute Gasteiger partial charge is 0.131 e. The molecule has 0 aliphatic heterocycles. The molecule has 0 saturated heterocycles. The second-order valence-corrected chi connectivity index (χ2v) is 6.72. The molecule has 0 spiro atoms. The molecule has 0 amide bonds. The molecule has 0 fully saturated rings. The molecule has 21 heavy (non-hydrogen) atoms. The minimum Gasteiger partial charge on any atom is -0.206 e. The molecule has 1 unspecified atom stereocenters. The van der Waals surface area contributed by atoms with Gasteiger partial charge in [0, 0.05) is 10.0 Å². The Morgan fingerprint density at radius 1 is 1.00 bits per heavy atom. The molecule has 0 aliphatic rings. The van der Waals surface area contributed by atoms with E-state index in [9.17, 15) is 8.78 Å². The van der Waals surface area contributed by atoms with Gasteiger partial charge in [0.1, 0.15) is 11.6 Å². The monoisotopic (exact) mass is 416 g/mol. The molecule has 2 aromatic carbocycles. The minimum atomic E-state index is -0.548. The van der Waals surface area contributed by atoms with Gasteiger partial charge in [0.25, 0.3) is 0 Å². The zero-order valence-corrected chi connectivity index (χ0v) is 15.1. The molecule has 0 radical (unpaired) electrons. The van der Waals surface area contributed by atoms with Crippen LogP contribution in [0.5, 0.6) is 0 Å². The summed E-state index contributed by atoms with van der Waals surface area (Å²) in [6.07, 6.45) is 1.71. The third kappa shape index (κ3) is 3.54. The van der Waals surface area contributed by atoms with Crippen molar-refractivity contribution in [3.05, 3.63) is 68.7 Å². The first kappa shape index (κ1) is 16.6. The van der Waals surface area contributed by atoms with Crippen molar-refractivity contribution in [2.45, 2.75) is 31.5 Å². The van der Waals surface area contributed by atoms with Gasteiger partial charge in [0.2, 0.25) is 0 Å². The maximum Gasteiger partial charge on any atom is 0.131 e. The van der Waals surface area contributed by atoms with Gasteiger partial charge < -0.3 is 0 Å². The molecule has 1 atom stereocenters. The molecule has 0 aromatic heterocycles. The number of benzene rings is 2. The van der Waals surface area contributed by atoms with Gasteiger partial charge in [0.15, 0.2) is 0 Å². The van der Waals surface area contributed by atoms with E-state index in [0.29, 0.717) is 4.47 Å². The molecular weight excluding hydrogens is 402 g/mol. The molecule has 4 heteroatoms. The summed E-state index contributed by atoms with van der Waals surface area (Å²) in [5.41, 5.74) is 3.23. The van der Waals surface area contributed by atoms with Crippen LogP contribution in [0.1, 0.15) is 40.9 Å². The minimum absolute atomic E-state index is 0.0566. The summed E-state index contributed by atoms with van der Waals surface area (Å²) < 4.78 is 28.7. The van der Waals surface area contributed by atoms with E-state index in [-0.39, 0.29) is 5.56 Å². The largest absolute Gasteiger partial charge is 0.206 e. The molecule has 0 heterocycles. The van der Waals surface area contributed by atoms with Crippen LogP contribution in [0.2, 0.25) is 0 Å². The van der Waals surface area contributed by atoms with E-state index >= 15 is 0 Å². The van der Waals surface area contributed by atoms with Crippen LogP contribution in [0.25, 0.3) is 0 Å². The molecule has 0 N–H and O–H groups in total. The SMILES string of the molecule is CCc1ccc(CC)c(C(Br)c2c(F)cc(Br)cc2F)c1. The van der Waals surface area contributed by atoms with Crippen molar-refractivity contribution in [3.8, 4) is 0 Å². The average molecular weight is 418 g/mol. The molecule has 0 bridgehead atoms. The first-order chi connectivity index (χ1) is 9.97. The fourth-order valence-electron chi connectivity index (χ4n) is 2.37. The third-order valence-electron chi connectivity index (χ3n) is 3.57. The average Bonchev–Trinajstić information content (AvgIpc) is 2.45. The number of aryl methyl sites for hydroxylation is 2. The number of halogens is 4. The lowest BCUT2D eigenvalue weighted by Crippen LogP contribution is -2.04. The van der Waals surface area contributed by atoms with Gasteiger partial charge in [-0.05, 0) is 41.7 Å². The van der Waals surface area contributed by atoms with Crippen LogP contribution < -0.4 is 0 Å². The summed E-state index contributed by atoms with van der Waals surface area (Å²) in [7, 11) is 0. The third-order valence-corrected chi connectivity index (χ3v) is 4.98. The summed E-state index contributed by atoms with van der Waals surface area (Å²) in [4.78, 5) is -0.493. The van der Waals surface area contributed by atoms with Crippen LogP contribution in [0.3, 0.4) is 0 Å². The van der Waals surface area contributed by atoms with Crippen LogP contribution >= 0.6 is 31.9 Å². The Kier molecular flexibility index (Phi) is 5.55. The highest BCUT2D eigenvalue weighted by Gasteiger charge is 2.22. The predicted molar refractivity (Wildman–Crippen MR) is 90.0 cm³/mol. The lowest BCUT2D eigenvalue weighted by molar-refractivity contribution is 0.559. The second-order valence-electron chi connectivity index (χ2n) is 4.89. The maximum absolute atomic E-state index is 14.2. The molecule has 2 aromatic rings. The number of hydrogen-bond acceptors (Lipinski definition) is 0. The summed E-state index contributed by atoms with van der Waals surface area (Å²) in [5.74, 6) is -1.10. The van der Waals surface area contributed by atoms with Crippen molar-refractivity contribution in [2.75, 3.05) is 0 Å². The fraction of sp³-hybridized carbons (Fsp3) is 0.294. The van der Waals surface area contributed by atoms with E-state index < -0.39 is 16.5 Å². The maximum atomic E-state index is 14.2. The van der Waals surface area contributed by atoms with Gasteiger partial charge in [0.05, 0.1) is 4.83 Å². The molecular formula is C17H16Br2F2. The Balaban J connectivity index is 2.56. The topological polar surface area (TPSA) is 0 Å². The zero-order chi connectivity index (χ0) is 15.6. The van der Waals surface area contributed by atoms with Crippen molar-refractivity contribution in [1.29, 1.82) is 0 Å². The molecule has 0 nitrogen and oxygen atoms in total. The zero-order valence-electron chi connectivity index (χ0n) is 11.9. The van der Waals surface area contributed by atoms with Crippen LogP contribution in [0.4, 0.5) is 8.78 Å². The Hall–Kier alpha value is -0.740. The Bertz CT molecular complexity index is 630. The van der Waals surface area contributed by atoms with Crippen LogP contribution in [0, 0.1) is 11.6 Å². The van der Waals surface area contributed by atoms with Crippen LogP contribution in [-0.4, -0.2) is 0 Å². The van der Waals surface area contributed by atoms with E-state index in [1.807, 2.05) is 19.1 Å². The van der Waals surface area contributed by atoms with E-state index in [1.54, 1.807) is 0 Å². The van der Waals surface area contributed by atoms with Gasteiger partial charge in [-0.3, -0.25) is 0 Å². The van der Waals surface area contributed by atoms with Gasteiger partial charge in [-0.1, -0.05) is 63.9 Å². The summed E-state index contributed by atoms with van der Waals surface area (Å²) in [5, 5.41) is 0. The molecule has 112 valence electrons. The summed E-state index contributed by atoms with van der Waals surface area (Å²) >= 11 is 6.59. The lowest BCUT2D eigenvalue weighted by atomic mass is 9.95. The Morgan fingerprint density at radius 3 is 2.14 bits per heavy atom. The summed E-state index contributed by atoms with van der Waals surface area (Å²) in [6.45, 7) is 4.10. The van der Waals surface area contributed by atoms with Gasteiger partial charge in [-0.15, -0.1) is 0 Å². The molecule has 0 saturated carbocycles. The number of alkyl halides is 1. The number of rotatable bonds is 4. The van der Waals surface area contributed by atoms with Crippen molar-refractivity contribution < 1.29 is 8.78 Å². The van der Waals surface area contributed by atoms with E-state index in [2.05, 4.69) is 44.8 Å². The number of hydrogen-bond donors (Lipinski definition) is 0. The summed E-state index contributed by atoms with van der Waals surface area (Å²) in [6, 6.07) is 8.72. The van der Waals surface area contributed by atoms with Crippen molar-refractivity contribution in [1.82, 2.24) is 0 Å². The van der Waals surface area contributed by atoms with Crippen molar-refractivity contribution in [3.63, 3.8) is 0 Å². The van der Waals surface area contributed by atoms with Crippen LogP contribution in [-0.2, 0) is 12.8 Å². The normalized spacial score (nSPS) is 12.5. The van der Waals surface area contributed by atoms with Crippen LogP contribution in [0.15, 0.2) is 34.8 Å². The van der Waals surface area contributed by atoms with E-state index in [1.165, 1.54) is 12.1 Å². The fourth-order valence-corrected chi connectivity index (χ4v) is 3.64. The van der Waals surface area contributed by atoms with E-state index in [4.69, 9.17) is 0 Å². The second kappa shape index (κ2) is 7.01. The standard InChI is InChI=1S/C17H16Br2F2/c1-3-10-5-6-11(4-2)13(7-10)17(19)16-14(20)8-12(18)9-15(16)21/h5-9,17H,3-4H2,1-2H3. The van der Waals surface area contributed by atoms with Crippen molar-refractivity contribution in [2.24, 2.45) is 0 Å². The molecule has 2 rings (SSSR count). The van der Waals surface area contributed by atoms with Gasteiger partial charge in [-0.25, -0.2) is 8.78 Å². The first-order valence-electron chi connectivity index (χ1n) is 6.88. The Morgan fingerprint density at radius 2 is 1.62 bits per heavy atom. The highest BCUT2D eigenvalue weighted by atomic mass is 79.9. The van der Waals surface area contributed by atoms with E-state index in [0.717, 1.165) is 29.5 Å². The predicted octanol–water partition coefficient (Wildman–Crippen LogP) is 6.34. The first-order valence-corrected chi connectivity index (χ1v) is 8.59.